The molecule has 1 unspecified atom stereocenters. The second kappa shape index (κ2) is 4.87. The van der Waals surface area contributed by atoms with Crippen LogP contribution in [0.25, 0.3) is 0 Å². The topological polar surface area (TPSA) is 62.0 Å². The van der Waals surface area contributed by atoms with Gasteiger partial charge in [-0.05, 0) is 32.5 Å². The number of aromatic nitrogens is 2. The van der Waals surface area contributed by atoms with Crippen molar-refractivity contribution in [2.45, 2.75) is 24.2 Å². The first-order valence-electron chi connectivity index (χ1n) is 6.74. The Bertz CT molecular complexity index is 506. The molecule has 0 saturated carbocycles. The van der Waals surface area contributed by atoms with E-state index in [9.17, 15) is 5.26 Å². The standard InChI is InChI=1S/C14H18N4O/c1-18-6-2-3-11(7-18)12-4-5-16-13(17-12)14(8-15)9-19-10-14/h4-5,11H,2-3,6-7,9-10H2,1H3. The van der Waals surface area contributed by atoms with Crippen molar-refractivity contribution in [2.24, 2.45) is 0 Å². The first-order chi connectivity index (χ1) is 9.23. The molecule has 0 radical (unpaired) electrons. The van der Waals surface area contributed by atoms with E-state index in [2.05, 4.69) is 28.0 Å². The molecule has 3 heterocycles. The molecular weight excluding hydrogens is 240 g/mol. The Labute approximate surface area is 113 Å². The van der Waals surface area contributed by atoms with Gasteiger partial charge in [-0.1, -0.05) is 0 Å². The molecular formula is C14H18N4O. The highest BCUT2D eigenvalue weighted by molar-refractivity contribution is 5.26. The lowest BCUT2D eigenvalue weighted by Gasteiger charge is -2.34. The van der Waals surface area contributed by atoms with Gasteiger partial charge in [0.1, 0.15) is 0 Å². The van der Waals surface area contributed by atoms with Gasteiger partial charge < -0.3 is 9.64 Å². The van der Waals surface area contributed by atoms with E-state index in [1.54, 1.807) is 6.20 Å². The Morgan fingerprint density at radius 2 is 2.37 bits per heavy atom. The van der Waals surface area contributed by atoms with E-state index in [-0.39, 0.29) is 0 Å². The van der Waals surface area contributed by atoms with E-state index in [0.29, 0.717) is 25.0 Å². The zero-order valence-electron chi connectivity index (χ0n) is 11.2. The van der Waals surface area contributed by atoms with Crippen LogP contribution < -0.4 is 0 Å². The smallest absolute Gasteiger partial charge is 0.163 e. The lowest BCUT2D eigenvalue weighted by Crippen LogP contribution is -2.47. The van der Waals surface area contributed by atoms with Crippen molar-refractivity contribution >= 4 is 0 Å². The molecule has 2 aliphatic heterocycles. The summed E-state index contributed by atoms with van der Waals surface area (Å²) in [6, 6.07) is 4.29. The van der Waals surface area contributed by atoms with Crippen LogP contribution >= 0.6 is 0 Å². The molecule has 0 bridgehead atoms. The van der Waals surface area contributed by atoms with Crippen LogP contribution in [0.3, 0.4) is 0 Å². The summed E-state index contributed by atoms with van der Waals surface area (Å²) in [7, 11) is 2.14. The second-order valence-corrected chi connectivity index (χ2v) is 5.59. The van der Waals surface area contributed by atoms with Crippen LogP contribution in [0, 0.1) is 11.3 Å². The van der Waals surface area contributed by atoms with Gasteiger partial charge in [0.05, 0.1) is 19.3 Å². The molecule has 2 saturated heterocycles. The van der Waals surface area contributed by atoms with Crippen LogP contribution in [0.1, 0.15) is 30.3 Å². The predicted octanol–water partition coefficient (Wildman–Crippen LogP) is 1.08. The lowest BCUT2D eigenvalue weighted by molar-refractivity contribution is -0.0340. The molecule has 5 nitrogen and oxygen atoms in total. The van der Waals surface area contributed by atoms with Gasteiger partial charge >= 0.3 is 0 Å². The summed E-state index contributed by atoms with van der Waals surface area (Å²) < 4.78 is 5.18. The Morgan fingerprint density at radius 1 is 1.53 bits per heavy atom. The molecule has 2 aliphatic rings. The number of nitrogens with zero attached hydrogens (tertiary/aromatic N) is 4. The van der Waals surface area contributed by atoms with E-state index in [1.165, 1.54) is 6.42 Å². The van der Waals surface area contributed by atoms with Crippen molar-refractivity contribution < 1.29 is 4.74 Å². The lowest BCUT2D eigenvalue weighted by atomic mass is 9.86. The van der Waals surface area contributed by atoms with Gasteiger partial charge in [-0.15, -0.1) is 0 Å². The summed E-state index contributed by atoms with van der Waals surface area (Å²) in [6.07, 6.45) is 4.15. The van der Waals surface area contributed by atoms with Crippen molar-refractivity contribution in [3.8, 4) is 6.07 Å². The fourth-order valence-corrected chi connectivity index (χ4v) is 2.79. The molecule has 1 atom stereocenters. The Kier molecular flexibility index (Phi) is 3.21. The average molecular weight is 258 g/mol. The number of piperidine rings is 1. The number of hydrogen-bond donors (Lipinski definition) is 0. The van der Waals surface area contributed by atoms with Gasteiger partial charge in [0.25, 0.3) is 0 Å². The number of likely N-dealkylation sites (N-methyl/N-ethyl adjacent to an activating group) is 1. The molecule has 19 heavy (non-hydrogen) atoms. The largest absolute Gasteiger partial charge is 0.377 e. The monoisotopic (exact) mass is 258 g/mol. The maximum absolute atomic E-state index is 9.32. The van der Waals surface area contributed by atoms with Crippen LogP contribution in [0.2, 0.25) is 0 Å². The van der Waals surface area contributed by atoms with E-state index in [1.807, 2.05) is 6.07 Å². The Hall–Kier alpha value is -1.51. The number of likely N-dealkylation sites (tertiary alicyclic amines) is 1. The summed E-state index contributed by atoms with van der Waals surface area (Å²) in [6.45, 7) is 3.02. The zero-order chi connectivity index (χ0) is 13.3. The normalized spacial score (nSPS) is 26.4. The Balaban J connectivity index is 1.86. The van der Waals surface area contributed by atoms with Gasteiger partial charge in [-0.3, -0.25) is 0 Å². The predicted molar refractivity (Wildman–Crippen MR) is 69.6 cm³/mol. The van der Waals surface area contributed by atoms with E-state index >= 15 is 0 Å². The van der Waals surface area contributed by atoms with Crippen LogP contribution in [0.15, 0.2) is 12.3 Å². The molecule has 1 aromatic heterocycles. The second-order valence-electron chi connectivity index (χ2n) is 5.59. The molecule has 5 heteroatoms. The summed E-state index contributed by atoms with van der Waals surface area (Å²) >= 11 is 0. The van der Waals surface area contributed by atoms with E-state index in [0.717, 1.165) is 25.2 Å². The van der Waals surface area contributed by atoms with Crippen molar-refractivity contribution in [2.75, 3.05) is 33.4 Å². The van der Waals surface area contributed by atoms with Gasteiger partial charge in [-0.25, -0.2) is 9.97 Å². The first kappa shape index (κ1) is 12.5. The highest BCUT2D eigenvalue weighted by Gasteiger charge is 2.44. The highest BCUT2D eigenvalue weighted by atomic mass is 16.5. The molecule has 0 aromatic carbocycles. The number of nitriles is 1. The van der Waals surface area contributed by atoms with Crippen LogP contribution in [0.4, 0.5) is 0 Å². The minimum Gasteiger partial charge on any atom is -0.377 e. The SMILES string of the molecule is CN1CCCC(c2ccnc(C3(C#N)COC3)n2)C1. The Morgan fingerprint density at radius 3 is 3.00 bits per heavy atom. The fraction of sp³-hybridized carbons (Fsp3) is 0.643. The van der Waals surface area contributed by atoms with Gasteiger partial charge in [-0.2, -0.15) is 5.26 Å². The summed E-state index contributed by atoms with van der Waals surface area (Å²) in [4.78, 5) is 11.3. The third kappa shape index (κ3) is 2.22. The van der Waals surface area contributed by atoms with Crippen molar-refractivity contribution in [3.05, 3.63) is 23.8 Å². The molecule has 0 spiro atoms. The zero-order valence-corrected chi connectivity index (χ0v) is 11.2. The van der Waals surface area contributed by atoms with E-state index < -0.39 is 5.41 Å². The molecule has 0 amide bonds. The summed E-state index contributed by atoms with van der Waals surface area (Å²) in [5.41, 5.74) is 0.453. The highest BCUT2D eigenvalue weighted by Crippen LogP contribution is 2.31. The molecule has 2 fully saturated rings. The van der Waals surface area contributed by atoms with Gasteiger partial charge in [0.2, 0.25) is 0 Å². The molecule has 1 aromatic rings. The fourth-order valence-electron chi connectivity index (χ4n) is 2.79. The van der Waals surface area contributed by atoms with Crippen LogP contribution in [0.5, 0.6) is 0 Å². The quantitative estimate of drug-likeness (QED) is 0.794. The number of ether oxygens (including phenoxy) is 1. The van der Waals surface area contributed by atoms with Gasteiger partial charge in [0, 0.05) is 24.4 Å². The third-order valence-electron chi connectivity index (χ3n) is 4.06. The van der Waals surface area contributed by atoms with E-state index in [4.69, 9.17) is 4.74 Å². The van der Waals surface area contributed by atoms with Gasteiger partial charge in [0.15, 0.2) is 11.2 Å². The molecule has 0 N–H and O–H groups in total. The maximum atomic E-state index is 9.32. The minimum absolute atomic E-state index is 0.414. The number of rotatable bonds is 2. The third-order valence-corrected chi connectivity index (χ3v) is 4.06. The molecule has 100 valence electrons. The van der Waals surface area contributed by atoms with Crippen molar-refractivity contribution in [1.29, 1.82) is 5.26 Å². The molecule has 3 rings (SSSR count). The van der Waals surface area contributed by atoms with Crippen LogP contribution in [-0.2, 0) is 10.2 Å². The first-order valence-corrected chi connectivity index (χ1v) is 6.74. The van der Waals surface area contributed by atoms with Crippen molar-refractivity contribution in [1.82, 2.24) is 14.9 Å². The minimum atomic E-state index is -0.615. The van der Waals surface area contributed by atoms with Crippen molar-refractivity contribution in [3.63, 3.8) is 0 Å². The maximum Gasteiger partial charge on any atom is 0.163 e. The molecule has 0 aliphatic carbocycles. The average Bonchev–Trinajstić information content (AvgIpc) is 2.39. The van der Waals surface area contributed by atoms with Crippen LogP contribution in [-0.4, -0.2) is 48.2 Å². The summed E-state index contributed by atoms with van der Waals surface area (Å²) in [5, 5.41) is 9.32. The summed E-state index contributed by atoms with van der Waals surface area (Å²) in [5.74, 6) is 1.09. The number of hydrogen-bond acceptors (Lipinski definition) is 5.